The van der Waals surface area contributed by atoms with E-state index >= 15 is 0 Å². The van der Waals surface area contributed by atoms with E-state index in [9.17, 15) is 9.50 Å². The van der Waals surface area contributed by atoms with Gasteiger partial charge >= 0.3 is 0 Å². The molecule has 1 fully saturated rings. The second-order valence-corrected chi connectivity index (χ2v) is 4.86. The summed E-state index contributed by atoms with van der Waals surface area (Å²) in [4.78, 5) is 0. The van der Waals surface area contributed by atoms with Crippen LogP contribution in [0.4, 0.5) is 4.39 Å². The summed E-state index contributed by atoms with van der Waals surface area (Å²) in [6.07, 6.45) is 2.93. The molecule has 0 amide bonds. The quantitative estimate of drug-likeness (QED) is 0.817. The van der Waals surface area contributed by atoms with Gasteiger partial charge in [0.15, 0.2) is 0 Å². The van der Waals surface area contributed by atoms with Crippen LogP contribution in [-0.4, -0.2) is 25.3 Å². The molecule has 0 aliphatic heterocycles. The van der Waals surface area contributed by atoms with E-state index in [1.807, 2.05) is 0 Å². The second-order valence-electron chi connectivity index (χ2n) is 4.86. The molecule has 0 bridgehead atoms. The molecule has 100 valence electrons. The fraction of sp³-hybridized carbons (Fsp3) is 0.571. The Kier molecular flexibility index (Phi) is 4.55. The molecule has 1 aromatic carbocycles. The molecule has 2 N–H and O–H groups in total. The van der Waals surface area contributed by atoms with Crippen LogP contribution in [0.3, 0.4) is 0 Å². The number of rotatable bonds is 6. The molecular weight excluding hydrogens is 233 g/mol. The Morgan fingerprint density at radius 2 is 2.28 bits per heavy atom. The van der Waals surface area contributed by atoms with E-state index in [1.165, 1.54) is 31.4 Å². The van der Waals surface area contributed by atoms with Gasteiger partial charge in [0.2, 0.25) is 0 Å². The first-order valence-electron chi connectivity index (χ1n) is 6.45. The summed E-state index contributed by atoms with van der Waals surface area (Å²) in [5, 5.41) is 12.8. The van der Waals surface area contributed by atoms with E-state index in [2.05, 4.69) is 5.32 Å². The average Bonchev–Trinajstić information content (AvgIpc) is 2.29. The Balaban J connectivity index is 2.06. The van der Waals surface area contributed by atoms with Gasteiger partial charge in [-0.05, 0) is 44.0 Å². The lowest BCUT2D eigenvalue weighted by Crippen LogP contribution is -2.21. The molecule has 3 nitrogen and oxygen atoms in total. The van der Waals surface area contributed by atoms with E-state index in [1.54, 1.807) is 13.1 Å². The molecule has 1 aromatic rings. The van der Waals surface area contributed by atoms with Crippen LogP contribution in [0.2, 0.25) is 0 Å². The van der Waals surface area contributed by atoms with E-state index in [-0.39, 0.29) is 5.82 Å². The van der Waals surface area contributed by atoms with Crippen LogP contribution in [0.5, 0.6) is 5.75 Å². The van der Waals surface area contributed by atoms with Crippen LogP contribution in [0.15, 0.2) is 18.2 Å². The first-order valence-corrected chi connectivity index (χ1v) is 6.45. The summed E-state index contributed by atoms with van der Waals surface area (Å²) in [5.74, 6) is 0.853. The van der Waals surface area contributed by atoms with Crippen molar-refractivity contribution in [3.8, 4) is 5.75 Å². The van der Waals surface area contributed by atoms with Gasteiger partial charge < -0.3 is 15.2 Å². The topological polar surface area (TPSA) is 41.5 Å². The molecule has 1 aliphatic carbocycles. The zero-order valence-electron chi connectivity index (χ0n) is 10.7. The third kappa shape index (κ3) is 3.21. The number of likely N-dealkylation sites (N-methyl/N-ethyl adjacent to an activating group) is 1. The number of aliphatic hydroxyl groups excluding tert-OH is 1. The average molecular weight is 253 g/mol. The molecular formula is C14H20FNO2. The molecule has 0 radical (unpaired) electrons. The van der Waals surface area contributed by atoms with Crippen molar-refractivity contribution >= 4 is 0 Å². The lowest BCUT2D eigenvalue weighted by molar-refractivity contribution is 0.155. The maximum Gasteiger partial charge on any atom is 0.125 e. The summed E-state index contributed by atoms with van der Waals surface area (Å²) in [6.45, 7) is 1.04. The number of ether oxygens (including phenoxy) is 1. The first-order chi connectivity index (χ1) is 8.70. The van der Waals surface area contributed by atoms with Crippen molar-refractivity contribution in [2.24, 2.45) is 5.92 Å². The molecule has 0 heterocycles. The van der Waals surface area contributed by atoms with Gasteiger partial charge in [-0.25, -0.2) is 4.39 Å². The molecule has 4 heteroatoms. The fourth-order valence-electron chi connectivity index (χ4n) is 2.08. The maximum absolute atomic E-state index is 13.2. The minimum atomic E-state index is -0.748. The molecule has 18 heavy (non-hydrogen) atoms. The van der Waals surface area contributed by atoms with Crippen LogP contribution < -0.4 is 10.1 Å². The Morgan fingerprint density at radius 3 is 2.89 bits per heavy atom. The van der Waals surface area contributed by atoms with Gasteiger partial charge in [0.25, 0.3) is 0 Å². The smallest absolute Gasteiger partial charge is 0.125 e. The first kappa shape index (κ1) is 13.3. The second kappa shape index (κ2) is 6.16. The van der Waals surface area contributed by atoms with Gasteiger partial charge in [0.1, 0.15) is 11.6 Å². The highest BCUT2D eigenvalue weighted by Gasteiger charge is 2.20. The molecule has 1 aliphatic rings. The zero-order chi connectivity index (χ0) is 13.0. The van der Waals surface area contributed by atoms with Crippen LogP contribution in [0, 0.1) is 11.7 Å². The van der Waals surface area contributed by atoms with Gasteiger partial charge in [-0.1, -0.05) is 6.42 Å². The number of aliphatic hydroxyl groups is 1. The van der Waals surface area contributed by atoms with Crippen molar-refractivity contribution in [2.75, 3.05) is 20.2 Å². The predicted molar refractivity (Wildman–Crippen MR) is 68.1 cm³/mol. The van der Waals surface area contributed by atoms with Gasteiger partial charge in [-0.3, -0.25) is 0 Å². The van der Waals surface area contributed by atoms with Crippen molar-refractivity contribution < 1.29 is 14.2 Å². The van der Waals surface area contributed by atoms with Gasteiger partial charge in [0, 0.05) is 12.1 Å². The van der Waals surface area contributed by atoms with Crippen molar-refractivity contribution in [3.05, 3.63) is 29.6 Å². The molecule has 0 saturated heterocycles. The summed E-state index contributed by atoms with van der Waals surface area (Å²) >= 11 is 0. The number of nitrogens with one attached hydrogen (secondary N) is 1. The molecule has 1 atom stereocenters. The lowest BCUT2D eigenvalue weighted by Gasteiger charge is -2.26. The summed E-state index contributed by atoms with van der Waals surface area (Å²) in [7, 11) is 1.75. The molecule has 0 aromatic heterocycles. The number of benzene rings is 1. The number of hydrogen-bond acceptors (Lipinski definition) is 3. The van der Waals surface area contributed by atoms with Gasteiger partial charge in [-0.15, -0.1) is 0 Å². The minimum Gasteiger partial charge on any atom is -0.493 e. The van der Waals surface area contributed by atoms with Crippen molar-refractivity contribution in [1.29, 1.82) is 0 Å². The molecule has 1 unspecified atom stereocenters. The monoisotopic (exact) mass is 253 g/mol. The molecule has 2 rings (SSSR count). The normalized spacial score (nSPS) is 17.3. The number of hydrogen-bond donors (Lipinski definition) is 2. The highest BCUT2D eigenvalue weighted by Crippen LogP contribution is 2.30. The molecule has 0 spiro atoms. The van der Waals surface area contributed by atoms with E-state index in [0.717, 1.165) is 0 Å². The Bertz CT molecular complexity index is 393. The Hall–Kier alpha value is -1.13. The largest absolute Gasteiger partial charge is 0.493 e. The van der Waals surface area contributed by atoms with E-state index in [4.69, 9.17) is 4.74 Å². The summed E-state index contributed by atoms with van der Waals surface area (Å²) < 4.78 is 18.9. The van der Waals surface area contributed by atoms with E-state index < -0.39 is 6.10 Å². The predicted octanol–water partition coefficient (Wildman–Crippen LogP) is 2.26. The third-order valence-corrected chi connectivity index (χ3v) is 3.43. The standard InChI is InChI=1S/C14H20FNO2/c1-16-8-13(17)12-7-11(15)5-6-14(12)18-9-10-3-2-4-10/h5-7,10,13,16-17H,2-4,8-9H2,1H3. The van der Waals surface area contributed by atoms with Crippen molar-refractivity contribution in [3.63, 3.8) is 0 Å². The Labute approximate surface area is 107 Å². The highest BCUT2D eigenvalue weighted by atomic mass is 19.1. The fourth-order valence-corrected chi connectivity index (χ4v) is 2.08. The van der Waals surface area contributed by atoms with Crippen molar-refractivity contribution in [1.82, 2.24) is 5.32 Å². The van der Waals surface area contributed by atoms with Crippen LogP contribution in [-0.2, 0) is 0 Å². The van der Waals surface area contributed by atoms with Crippen molar-refractivity contribution in [2.45, 2.75) is 25.4 Å². The minimum absolute atomic E-state index is 0.351. The lowest BCUT2D eigenvalue weighted by atomic mass is 9.86. The SMILES string of the molecule is CNCC(O)c1cc(F)ccc1OCC1CCC1. The summed E-state index contributed by atoms with van der Waals surface area (Å²) in [5.41, 5.74) is 0.517. The molecule has 1 saturated carbocycles. The third-order valence-electron chi connectivity index (χ3n) is 3.43. The van der Waals surface area contributed by atoms with Crippen LogP contribution >= 0.6 is 0 Å². The summed E-state index contributed by atoms with van der Waals surface area (Å²) in [6, 6.07) is 4.31. The van der Waals surface area contributed by atoms with Gasteiger partial charge in [-0.2, -0.15) is 0 Å². The maximum atomic E-state index is 13.2. The zero-order valence-corrected chi connectivity index (χ0v) is 10.7. The Morgan fingerprint density at radius 1 is 1.50 bits per heavy atom. The van der Waals surface area contributed by atoms with Crippen LogP contribution in [0.1, 0.15) is 30.9 Å². The van der Waals surface area contributed by atoms with Crippen LogP contribution in [0.25, 0.3) is 0 Å². The highest BCUT2D eigenvalue weighted by molar-refractivity contribution is 5.36. The van der Waals surface area contributed by atoms with E-state index in [0.29, 0.717) is 30.4 Å². The number of halogens is 1. The van der Waals surface area contributed by atoms with Gasteiger partial charge in [0.05, 0.1) is 12.7 Å².